The number of fused-ring (bicyclic) bond motifs is 5. The van der Waals surface area contributed by atoms with E-state index in [-0.39, 0.29) is 65.1 Å². The third-order valence-electron chi connectivity index (χ3n) is 16.7. The minimum absolute atomic E-state index is 0.0215. The van der Waals surface area contributed by atoms with Gasteiger partial charge < -0.3 is 23.7 Å². The van der Waals surface area contributed by atoms with E-state index < -0.39 is 0 Å². The molecule has 4 fully saturated rings. The van der Waals surface area contributed by atoms with Gasteiger partial charge in [-0.25, -0.2) is 0 Å². The van der Waals surface area contributed by atoms with Crippen molar-refractivity contribution in [3.8, 4) is 0 Å². The lowest BCUT2D eigenvalue weighted by atomic mass is 9.42. The second kappa shape index (κ2) is 19.2. The van der Waals surface area contributed by atoms with Gasteiger partial charge in [0, 0.05) is 18.3 Å². The zero-order chi connectivity index (χ0) is 43.6. The lowest BCUT2D eigenvalue weighted by Gasteiger charge is -2.66. The van der Waals surface area contributed by atoms with E-state index in [4.69, 9.17) is 23.7 Å². The molecule has 1 saturated heterocycles. The van der Waals surface area contributed by atoms with Crippen molar-refractivity contribution in [1.82, 2.24) is 0 Å². The van der Waals surface area contributed by atoms with Crippen LogP contribution in [0.5, 0.6) is 0 Å². The first-order valence-corrected chi connectivity index (χ1v) is 24.1. The number of carbonyl (C=O) groups is 1. The molecule has 63 heavy (non-hydrogen) atoms. The van der Waals surface area contributed by atoms with Gasteiger partial charge in [-0.1, -0.05) is 168 Å². The Hall–Kier alpha value is -4.07. The molecule has 0 amide bonds. The van der Waals surface area contributed by atoms with Crippen LogP contribution in [0.4, 0.5) is 0 Å². The molecule has 0 aromatic heterocycles. The van der Waals surface area contributed by atoms with Gasteiger partial charge in [0.05, 0.1) is 50.8 Å². The minimum Gasteiger partial charge on any atom is -0.462 e. The summed E-state index contributed by atoms with van der Waals surface area (Å²) in [5.41, 5.74) is 6.02. The van der Waals surface area contributed by atoms with E-state index >= 15 is 0 Å². The summed E-state index contributed by atoms with van der Waals surface area (Å²) >= 11 is 0. The molecule has 0 radical (unpaired) electrons. The summed E-state index contributed by atoms with van der Waals surface area (Å²) in [6, 6.07) is 42.5. The number of benzene rings is 4. The molecule has 9 rings (SSSR count). The second-order valence-corrected chi connectivity index (χ2v) is 20.6. The Labute approximate surface area is 377 Å². The maximum atomic E-state index is 13.1. The maximum Gasteiger partial charge on any atom is 0.306 e. The van der Waals surface area contributed by atoms with Crippen molar-refractivity contribution in [1.29, 1.82) is 0 Å². The monoisotopic (exact) mass is 851 g/mol. The predicted molar refractivity (Wildman–Crippen MR) is 248 cm³/mol. The van der Waals surface area contributed by atoms with Crippen LogP contribution in [-0.4, -0.2) is 36.5 Å². The fraction of sp³-hybridized carbons (Fsp3) is 0.526. The van der Waals surface area contributed by atoms with Crippen molar-refractivity contribution < 1.29 is 28.5 Å². The normalized spacial score (nSPS) is 34.3. The van der Waals surface area contributed by atoms with Crippen molar-refractivity contribution >= 4 is 5.97 Å². The maximum absolute atomic E-state index is 13.1. The first-order chi connectivity index (χ1) is 30.6. The Balaban J connectivity index is 1.11. The molecule has 6 heteroatoms. The predicted octanol–water partition coefficient (Wildman–Crippen LogP) is 12.4. The van der Waals surface area contributed by atoms with Gasteiger partial charge >= 0.3 is 5.97 Å². The molecule has 0 bridgehead atoms. The van der Waals surface area contributed by atoms with Gasteiger partial charge in [-0.15, -0.1) is 0 Å². The molecular formula is C57H70O6. The zero-order valence-electron chi connectivity index (χ0n) is 38.3. The molecule has 13 atom stereocenters. The van der Waals surface area contributed by atoms with Gasteiger partial charge in [-0.05, 0) is 101 Å². The van der Waals surface area contributed by atoms with Gasteiger partial charge in [0.2, 0.25) is 0 Å². The van der Waals surface area contributed by atoms with E-state index in [0.717, 1.165) is 49.7 Å². The molecule has 0 spiro atoms. The highest BCUT2D eigenvalue weighted by Gasteiger charge is 2.67. The van der Waals surface area contributed by atoms with Gasteiger partial charge in [0.25, 0.3) is 0 Å². The average molecular weight is 851 g/mol. The van der Waals surface area contributed by atoms with Crippen LogP contribution in [0.2, 0.25) is 0 Å². The lowest BCUT2D eigenvalue weighted by molar-refractivity contribution is -0.284. The molecule has 4 aromatic carbocycles. The minimum atomic E-state index is -0.251. The SMILES string of the molecule is CC(C)C1CC(=O)OC(C(C)C2=CCC3C4C(OCc5ccccc5)[C@H](OCc5ccccc5)C5C(OCc6ccccc6)[C@H](OCc6ccccc6)CC[C@]5(C)C4CC[C@]23C)C1. The molecule has 6 nitrogen and oxygen atoms in total. The molecule has 0 N–H and O–H groups in total. The summed E-state index contributed by atoms with van der Waals surface area (Å²) in [6.45, 7) is 14.0. The van der Waals surface area contributed by atoms with Crippen molar-refractivity contribution in [2.45, 2.75) is 137 Å². The summed E-state index contributed by atoms with van der Waals surface area (Å²) in [6.07, 6.45) is 8.36. The van der Waals surface area contributed by atoms with Crippen LogP contribution in [0.3, 0.4) is 0 Å². The summed E-state index contributed by atoms with van der Waals surface area (Å²) in [7, 11) is 0. The van der Waals surface area contributed by atoms with Crippen molar-refractivity contribution in [2.24, 2.45) is 52.3 Å². The highest BCUT2D eigenvalue weighted by Crippen LogP contribution is 2.68. The molecule has 4 aromatic rings. The first-order valence-electron chi connectivity index (χ1n) is 24.1. The molecule has 9 unspecified atom stereocenters. The van der Waals surface area contributed by atoms with Crippen LogP contribution in [-0.2, 0) is 54.9 Å². The number of cyclic esters (lactones) is 1. The molecule has 4 aliphatic carbocycles. The highest BCUT2D eigenvalue weighted by molar-refractivity contribution is 5.70. The summed E-state index contributed by atoms with van der Waals surface area (Å²) in [5, 5.41) is 0. The lowest BCUT2D eigenvalue weighted by Crippen LogP contribution is -2.69. The fourth-order valence-corrected chi connectivity index (χ4v) is 13.3. The third kappa shape index (κ3) is 9.12. The third-order valence-corrected chi connectivity index (χ3v) is 16.7. The molecule has 5 aliphatic rings. The van der Waals surface area contributed by atoms with Crippen molar-refractivity contribution in [2.75, 3.05) is 0 Å². The van der Waals surface area contributed by atoms with Crippen molar-refractivity contribution in [3.63, 3.8) is 0 Å². The van der Waals surface area contributed by atoms with Crippen LogP contribution in [0.1, 0.15) is 102 Å². The first kappa shape index (κ1) is 44.1. The average Bonchev–Trinajstić information content (AvgIpc) is 3.67. The van der Waals surface area contributed by atoms with Crippen LogP contribution < -0.4 is 0 Å². The van der Waals surface area contributed by atoms with E-state index in [1.54, 1.807) is 0 Å². The van der Waals surface area contributed by atoms with Crippen LogP contribution in [0.25, 0.3) is 0 Å². The molecule has 1 heterocycles. The zero-order valence-corrected chi connectivity index (χ0v) is 38.3. The van der Waals surface area contributed by atoms with Crippen LogP contribution >= 0.6 is 0 Å². The quantitative estimate of drug-likeness (QED) is 0.0877. The van der Waals surface area contributed by atoms with Gasteiger partial charge in [0.1, 0.15) is 6.10 Å². The Kier molecular flexibility index (Phi) is 13.4. The number of hydrogen-bond acceptors (Lipinski definition) is 6. The summed E-state index contributed by atoms with van der Waals surface area (Å²) in [5.74, 6) is 1.98. The highest BCUT2D eigenvalue weighted by atomic mass is 16.6. The van der Waals surface area contributed by atoms with Crippen molar-refractivity contribution in [3.05, 3.63) is 155 Å². The van der Waals surface area contributed by atoms with Gasteiger partial charge in [-0.3, -0.25) is 4.79 Å². The molecule has 334 valence electrons. The van der Waals surface area contributed by atoms with E-state index in [0.29, 0.717) is 56.5 Å². The number of ether oxygens (including phenoxy) is 5. The van der Waals surface area contributed by atoms with Crippen LogP contribution in [0, 0.1) is 52.3 Å². The standard InChI is InChI=1S/C57H70O6/c1-38(2)44-32-49(63-50(58)33-44)39(3)45-26-27-46-51-47(28-30-56(45,46)4)57(5)31-29-48(59-34-40-18-10-6-11-19-40)53(60-35-41-20-12-7-13-21-41)52(57)55(62-37-43-24-16-9-17-25-43)54(51)61-36-42-22-14-8-15-23-42/h6-26,38-39,44,46-49,51-55H,27-37H2,1-5H3/t39?,44?,46?,47?,48-,49?,51?,52?,53?,54?,55-,56-,57-/m1/s1. The molecule has 1 aliphatic heterocycles. The number of carbonyl (C=O) groups excluding carboxylic acids is 1. The van der Waals surface area contributed by atoms with E-state index in [2.05, 4.69) is 162 Å². The number of esters is 1. The Morgan fingerprint density at radius 1 is 0.619 bits per heavy atom. The number of hydrogen-bond donors (Lipinski definition) is 0. The second-order valence-electron chi connectivity index (χ2n) is 20.6. The largest absolute Gasteiger partial charge is 0.462 e. The number of rotatable bonds is 15. The molecular weight excluding hydrogens is 781 g/mol. The van der Waals surface area contributed by atoms with Gasteiger partial charge in [0.15, 0.2) is 0 Å². The smallest absolute Gasteiger partial charge is 0.306 e. The van der Waals surface area contributed by atoms with Gasteiger partial charge in [-0.2, -0.15) is 0 Å². The Morgan fingerprint density at radius 2 is 1.13 bits per heavy atom. The summed E-state index contributed by atoms with van der Waals surface area (Å²) < 4.78 is 35.6. The van der Waals surface area contributed by atoms with E-state index in [9.17, 15) is 4.79 Å². The molecule has 3 saturated carbocycles. The Bertz CT molecular complexity index is 2120. The Morgan fingerprint density at radius 3 is 1.67 bits per heavy atom. The number of allylic oxidation sites excluding steroid dienone is 1. The summed E-state index contributed by atoms with van der Waals surface area (Å²) in [4.78, 5) is 13.1. The fourth-order valence-electron chi connectivity index (χ4n) is 13.3. The van der Waals surface area contributed by atoms with E-state index in [1.807, 2.05) is 0 Å². The van der Waals surface area contributed by atoms with E-state index in [1.165, 1.54) is 16.7 Å². The van der Waals surface area contributed by atoms with Crippen LogP contribution in [0.15, 0.2) is 133 Å². The topological polar surface area (TPSA) is 63.2 Å².